The number of alkyl halides is 1. The Labute approximate surface area is 169 Å². The third kappa shape index (κ3) is 4.16. The molecule has 3 rings (SSSR count). The Morgan fingerprint density at radius 1 is 1.07 bits per heavy atom. The Balaban J connectivity index is 2.24. The lowest BCUT2D eigenvalue weighted by Crippen LogP contribution is -2.28. The number of rotatable bonds is 4. The number of benzene rings is 2. The Hall–Kier alpha value is -1.94. The molecule has 4 heteroatoms. The van der Waals surface area contributed by atoms with Crippen LogP contribution in [0.5, 0.6) is 0 Å². The van der Waals surface area contributed by atoms with E-state index in [-0.39, 0.29) is 15.8 Å². The second-order valence-corrected chi connectivity index (χ2v) is 9.46. The molecule has 0 aliphatic rings. The van der Waals surface area contributed by atoms with E-state index < -0.39 is 0 Å². The van der Waals surface area contributed by atoms with Crippen molar-refractivity contribution in [1.82, 2.24) is 9.55 Å². The highest BCUT2D eigenvalue weighted by molar-refractivity contribution is 9.09. The van der Waals surface area contributed by atoms with E-state index in [2.05, 4.69) is 56.6 Å². The minimum atomic E-state index is 0.0107. The highest BCUT2D eigenvalue weighted by Gasteiger charge is 2.22. The van der Waals surface area contributed by atoms with Gasteiger partial charge >= 0.3 is 0 Å². The van der Waals surface area contributed by atoms with E-state index in [9.17, 15) is 4.79 Å². The molecule has 0 amide bonds. The average molecular weight is 427 g/mol. The lowest BCUT2D eigenvalue weighted by Gasteiger charge is -2.22. The maximum Gasteiger partial charge on any atom is 0.261 e. The quantitative estimate of drug-likeness (QED) is 0.491. The molecule has 1 heterocycles. The number of halogens is 1. The Kier molecular flexibility index (Phi) is 5.57. The van der Waals surface area contributed by atoms with Gasteiger partial charge in [-0.1, -0.05) is 86.9 Å². The molecule has 142 valence electrons. The number of fused-ring (bicyclic) bond motifs is 1. The van der Waals surface area contributed by atoms with Crippen molar-refractivity contribution in [3.8, 4) is 0 Å². The predicted molar refractivity (Wildman–Crippen MR) is 117 cm³/mol. The summed E-state index contributed by atoms with van der Waals surface area (Å²) in [7, 11) is 0. The average Bonchev–Trinajstić information content (AvgIpc) is 2.63. The molecular formula is C23H27BrN2O. The van der Waals surface area contributed by atoms with E-state index in [0.29, 0.717) is 17.8 Å². The summed E-state index contributed by atoms with van der Waals surface area (Å²) in [4.78, 5) is 18.3. The first kappa shape index (κ1) is 19.8. The number of nitrogens with zero attached hydrogens (tertiary/aromatic N) is 2. The Morgan fingerprint density at radius 2 is 1.74 bits per heavy atom. The van der Waals surface area contributed by atoms with Crippen LogP contribution in [0.2, 0.25) is 0 Å². The summed E-state index contributed by atoms with van der Waals surface area (Å²) in [6.45, 7) is 11.3. The van der Waals surface area contributed by atoms with Crippen LogP contribution in [-0.4, -0.2) is 9.55 Å². The topological polar surface area (TPSA) is 34.9 Å². The molecule has 3 nitrogen and oxygen atoms in total. The molecule has 0 spiro atoms. The van der Waals surface area contributed by atoms with Gasteiger partial charge < -0.3 is 0 Å². The molecule has 27 heavy (non-hydrogen) atoms. The standard InChI is InChI=1S/C23H27BrN2O/c1-15(2)20(24)21-25-19-13-17(23(3,4)5)11-12-18(19)22(27)26(21)14-16-9-7-6-8-10-16/h6-13,15,20H,14H2,1-5H3. The van der Waals surface area contributed by atoms with E-state index >= 15 is 0 Å². The molecule has 0 aliphatic heterocycles. The van der Waals surface area contributed by atoms with E-state index in [1.807, 2.05) is 47.0 Å². The number of aromatic nitrogens is 2. The van der Waals surface area contributed by atoms with E-state index in [4.69, 9.17) is 4.98 Å². The zero-order chi connectivity index (χ0) is 19.8. The molecule has 0 radical (unpaired) electrons. The normalized spacial score (nSPS) is 13.3. The molecule has 0 aliphatic carbocycles. The van der Waals surface area contributed by atoms with Crippen molar-refractivity contribution in [3.63, 3.8) is 0 Å². The molecule has 1 atom stereocenters. The summed E-state index contributed by atoms with van der Waals surface area (Å²) in [5.41, 5.74) is 3.09. The summed E-state index contributed by atoms with van der Waals surface area (Å²) in [5.74, 6) is 1.11. The SMILES string of the molecule is CC(C)C(Br)c1nc2cc(C(C)(C)C)ccc2c(=O)n1Cc1ccccc1. The summed E-state index contributed by atoms with van der Waals surface area (Å²) in [6, 6.07) is 16.1. The molecule has 0 fully saturated rings. The predicted octanol–water partition coefficient (Wildman–Crippen LogP) is 5.83. The second kappa shape index (κ2) is 7.59. The fraction of sp³-hybridized carbons (Fsp3) is 0.391. The van der Waals surface area contributed by atoms with Crippen molar-refractivity contribution in [2.45, 2.75) is 51.4 Å². The van der Waals surface area contributed by atoms with E-state index in [0.717, 1.165) is 16.9 Å². The maximum atomic E-state index is 13.3. The van der Waals surface area contributed by atoms with Crippen LogP contribution in [0, 0.1) is 5.92 Å². The van der Waals surface area contributed by atoms with Crippen LogP contribution in [0.3, 0.4) is 0 Å². The molecule has 0 bridgehead atoms. The third-order valence-electron chi connectivity index (χ3n) is 4.87. The minimum Gasteiger partial charge on any atom is -0.291 e. The minimum absolute atomic E-state index is 0.0107. The molecule has 1 unspecified atom stereocenters. The smallest absolute Gasteiger partial charge is 0.261 e. The van der Waals surface area contributed by atoms with Crippen LogP contribution < -0.4 is 5.56 Å². The van der Waals surface area contributed by atoms with E-state index in [1.54, 1.807) is 0 Å². The van der Waals surface area contributed by atoms with Gasteiger partial charge in [0.15, 0.2) is 0 Å². The van der Waals surface area contributed by atoms with Crippen LogP contribution >= 0.6 is 15.9 Å². The van der Waals surface area contributed by atoms with Crippen molar-refractivity contribution in [3.05, 3.63) is 75.8 Å². The van der Waals surface area contributed by atoms with Gasteiger partial charge in [-0.2, -0.15) is 0 Å². The zero-order valence-corrected chi connectivity index (χ0v) is 18.2. The summed E-state index contributed by atoms with van der Waals surface area (Å²) in [6.07, 6.45) is 0. The summed E-state index contributed by atoms with van der Waals surface area (Å²) >= 11 is 3.77. The molecular weight excluding hydrogens is 400 g/mol. The molecule has 2 aromatic carbocycles. The number of hydrogen-bond donors (Lipinski definition) is 0. The van der Waals surface area contributed by atoms with Crippen molar-refractivity contribution in [2.24, 2.45) is 5.92 Å². The van der Waals surface area contributed by atoms with Gasteiger partial charge in [-0.15, -0.1) is 0 Å². The Morgan fingerprint density at radius 3 is 2.33 bits per heavy atom. The van der Waals surface area contributed by atoms with Gasteiger partial charge in [-0.3, -0.25) is 9.36 Å². The molecule has 0 saturated heterocycles. The van der Waals surface area contributed by atoms with Gasteiger partial charge in [0.25, 0.3) is 5.56 Å². The van der Waals surface area contributed by atoms with Crippen molar-refractivity contribution in [1.29, 1.82) is 0 Å². The van der Waals surface area contributed by atoms with Crippen molar-refractivity contribution in [2.75, 3.05) is 0 Å². The highest BCUT2D eigenvalue weighted by atomic mass is 79.9. The van der Waals surface area contributed by atoms with Crippen LogP contribution in [-0.2, 0) is 12.0 Å². The van der Waals surface area contributed by atoms with Crippen molar-refractivity contribution >= 4 is 26.8 Å². The van der Waals surface area contributed by atoms with Gasteiger partial charge in [-0.05, 0) is 34.6 Å². The van der Waals surface area contributed by atoms with Gasteiger partial charge in [0.1, 0.15) is 5.82 Å². The largest absolute Gasteiger partial charge is 0.291 e. The first-order valence-corrected chi connectivity index (χ1v) is 10.3. The second-order valence-electron chi connectivity index (χ2n) is 8.47. The molecule has 3 aromatic rings. The summed E-state index contributed by atoms with van der Waals surface area (Å²) in [5, 5.41) is 0.672. The van der Waals surface area contributed by atoms with Gasteiger partial charge in [0.2, 0.25) is 0 Å². The first-order chi connectivity index (χ1) is 12.7. The lowest BCUT2D eigenvalue weighted by molar-refractivity contribution is 0.568. The van der Waals surface area contributed by atoms with Gasteiger partial charge in [0.05, 0.1) is 22.3 Å². The third-order valence-corrected chi connectivity index (χ3v) is 6.33. The first-order valence-electron chi connectivity index (χ1n) is 9.41. The fourth-order valence-corrected chi connectivity index (χ4v) is 3.48. The monoisotopic (exact) mass is 426 g/mol. The van der Waals surface area contributed by atoms with E-state index in [1.165, 1.54) is 5.56 Å². The lowest BCUT2D eigenvalue weighted by atomic mass is 9.86. The molecule has 0 saturated carbocycles. The number of hydrogen-bond acceptors (Lipinski definition) is 2. The fourth-order valence-electron chi connectivity index (χ4n) is 3.13. The maximum absolute atomic E-state index is 13.3. The molecule has 1 aromatic heterocycles. The van der Waals surface area contributed by atoms with Crippen molar-refractivity contribution < 1.29 is 0 Å². The van der Waals surface area contributed by atoms with Gasteiger partial charge in [-0.25, -0.2) is 4.98 Å². The van der Waals surface area contributed by atoms with Gasteiger partial charge in [0, 0.05) is 0 Å². The highest BCUT2D eigenvalue weighted by Crippen LogP contribution is 2.31. The zero-order valence-electron chi connectivity index (χ0n) is 16.7. The molecule has 0 N–H and O–H groups in total. The summed E-state index contributed by atoms with van der Waals surface area (Å²) < 4.78 is 1.81. The van der Waals surface area contributed by atoms with Crippen LogP contribution in [0.25, 0.3) is 10.9 Å². The Bertz CT molecular complexity index is 1000. The van der Waals surface area contributed by atoms with Crippen LogP contribution in [0.1, 0.15) is 56.4 Å². The van der Waals surface area contributed by atoms with Crippen LogP contribution in [0.15, 0.2) is 53.3 Å². The van der Waals surface area contributed by atoms with Crippen LogP contribution in [0.4, 0.5) is 0 Å².